The molecule has 0 N–H and O–H groups in total. The molecule has 1 aromatic carbocycles. The Morgan fingerprint density at radius 1 is 1.13 bits per heavy atom. The molecule has 0 aromatic heterocycles. The fourth-order valence-electron chi connectivity index (χ4n) is 5.81. The van der Waals surface area contributed by atoms with E-state index in [4.69, 9.17) is 4.74 Å². The van der Waals surface area contributed by atoms with Crippen molar-refractivity contribution in [3.05, 3.63) is 53.4 Å². The van der Waals surface area contributed by atoms with Gasteiger partial charge in [-0.3, -0.25) is 9.59 Å². The molecule has 160 valence electrons. The minimum Gasteiger partial charge on any atom is -0.381 e. The largest absolute Gasteiger partial charge is 0.381 e. The van der Waals surface area contributed by atoms with E-state index in [1.54, 1.807) is 12.1 Å². The number of carbonyl (C=O) groups excluding carboxylic acids is 2. The molecule has 0 radical (unpaired) electrons. The number of allylic oxidation sites excluding steroid dienone is 4. The van der Waals surface area contributed by atoms with E-state index in [0.717, 1.165) is 43.6 Å². The average molecular weight is 411 g/mol. The summed E-state index contributed by atoms with van der Waals surface area (Å²) in [5.41, 5.74) is 1.95. The SMILES string of the molecule is CC1=CC(c2ccccc2F)=CC(C)(C)C1C1C(=O)CC(CC2CCOCC2)C1=O. The highest BCUT2D eigenvalue weighted by atomic mass is 19.1. The van der Waals surface area contributed by atoms with Crippen LogP contribution in [0.5, 0.6) is 0 Å². The van der Waals surface area contributed by atoms with Gasteiger partial charge in [0.1, 0.15) is 17.4 Å². The second kappa shape index (κ2) is 8.22. The van der Waals surface area contributed by atoms with Gasteiger partial charge < -0.3 is 4.74 Å². The van der Waals surface area contributed by atoms with Gasteiger partial charge in [-0.1, -0.05) is 49.8 Å². The molecule has 0 bridgehead atoms. The van der Waals surface area contributed by atoms with E-state index in [1.165, 1.54) is 6.07 Å². The zero-order valence-electron chi connectivity index (χ0n) is 18.1. The van der Waals surface area contributed by atoms with E-state index in [2.05, 4.69) is 13.8 Å². The number of hydrogen-bond donors (Lipinski definition) is 0. The Morgan fingerprint density at radius 2 is 1.83 bits per heavy atom. The van der Waals surface area contributed by atoms with Crippen LogP contribution < -0.4 is 0 Å². The summed E-state index contributed by atoms with van der Waals surface area (Å²) in [5.74, 6) is -0.515. The fourth-order valence-corrected chi connectivity index (χ4v) is 5.81. The van der Waals surface area contributed by atoms with Crippen molar-refractivity contribution in [3.63, 3.8) is 0 Å². The molecule has 3 nitrogen and oxygen atoms in total. The molecule has 1 aromatic rings. The van der Waals surface area contributed by atoms with Crippen molar-refractivity contribution in [2.45, 2.75) is 46.5 Å². The van der Waals surface area contributed by atoms with Gasteiger partial charge in [0.2, 0.25) is 0 Å². The highest BCUT2D eigenvalue weighted by molar-refractivity contribution is 6.10. The molecule has 3 atom stereocenters. The quantitative estimate of drug-likeness (QED) is 0.624. The summed E-state index contributed by atoms with van der Waals surface area (Å²) in [6, 6.07) is 6.74. The second-order valence-electron chi connectivity index (χ2n) is 9.81. The topological polar surface area (TPSA) is 43.4 Å². The molecule has 0 amide bonds. The van der Waals surface area contributed by atoms with Gasteiger partial charge in [0.05, 0.1) is 5.92 Å². The first-order valence-electron chi connectivity index (χ1n) is 11.1. The molecule has 1 heterocycles. The number of benzene rings is 1. The maximum absolute atomic E-state index is 14.4. The molecule has 4 rings (SSSR count). The van der Waals surface area contributed by atoms with Gasteiger partial charge in [0.25, 0.3) is 0 Å². The summed E-state index contributed by atoms with van der Waals surface area (Å²) in [5, 5.41) is 0. The van der Waals surface area contributed by atoms with E-state index in [1.807, 2.05) is 25.1 Å². The molecule has 1 saturated carbocycles. The molecule has 30 heavy (non-hydrogen) atoms. The first kappa shape index (κ1) is 21.2. The molecule has 4 heteroatoms. The van der Waals surface area contributed by atoms with Crippen LogP contribution in [0.1, 0.15) is 52.0 Å². The van der Waals surface area contributed by atoms with Crippen LogP contribution in [0.25, 0.3) is 5.57 Å². The van der Waals surface area contributed by atoms with Gasteiger partial charge in [-0.2, -0.15) is 0 Å². The maximum atomic E-state index is 14.4. The second-order valence-corrected chi connectivity index (χ2v) is 9.81. The first-order chi connectivity index (χ1) is 14.3. The Bertz CT molecular complexity index is 905. The number of ketones is 2. The zero-order chi connectivity index (χ0) is 21.5. The van der Waals surface area contributed by atoms with Crippen LogP contribution in [-0.2, 0) is 14.3 Å². The van der Waals surface area contributed by atoms with Crippen LogP contribution in [0.15, 0.2) is 42.0 Å². The summed E-state index contributed by atoms with van der Waals surface area (Å²) in [6.45, 7) is 7.60. The van der Waals surface area contributed by atoms with Crippen LogP contribution in [0.3, 0.4) is 0 Å². The maximum Gasteiger partial charge on any atom is 0.147 e. The molecule has 3 unspecified atom stereocenters. The highest BCUT2D eigenvalue weighted by Crippen LogP contribution is 2.49. The molecule has 2 aliphatic carbocycles. The van der Waals surface area contributed by atoms with Crippen LogP contribution in [0.4, 0.5) is 4.39 Å². The van der Waals surface area contributed by atoms with Gasteiger partial charge in [-0.05, 0) is 49.2 Å². The van der Waals surface area contributed by atoms with E-state index >= 15 is 0 Å². The summed E-state index contributed by atoms with van der Waals surface area (Å²) in [6.07, 6.45) is 7.12. The summed E-state index contributed by atoms with van der Waals surface area (Å²) in [7, 11) is 0. The minimum atomic E-state index is -0.584. The smallest absolute Gasteiger partial charge is 0.147 e. The number of halogens is 1. The Morgan fingerprint density at radius 3 is 2.50 bits per heavy atom. The lowest BCUT2D eigenvalue weighted by molar-refractivity contribution is -0.131. The lowest BCUT2D eigenvalue weighted by Gasteiger charge is -2.39. The van der Waals surface area contributed by atoms with Gasteiger partial charge in [0.15, 0.2) is 0 Å². The summed E-state index contributed by atoms with van der Waals surface area (Å²) < 4.78 is 19.8. The third kappa shape index (κ3) is 3.94. The van der Waals surface area contributed by atoms with E-state index in [9.17, 15) is 14.0 Å². The predicted octanol–water partition coefficient (Wildman–Crippen LogP) is 5.40. The average Bonchev–Trinajstić information content (AvgIpc) is 2.95. The van der Waals surface area contributed by atoms with E-state index in [0.29, 0.717) is 17.9 Å². The number of carbonyl (C=O) groups is 2. The van der Waals surface area contributed by atoms with Crippen molar-refractivity contribution >= 4 is 17.1 Å². The van der Waals surface area contributed by atoms with Crippen LogP contribution in [0, 0.1) is 34.9 Å². The number of ether oxygens (including phenoxy) is 1. The van der Waals surface area contributed by atoms with Crippen molar-refractivity contribution in [3.8, 4) is 0 Å². The number of rotatable bonds is 4. The lowest BCUT2D eigenvalue weighted by atomic mass is 9.63. The molecule has 1 saturated heterocycles. The Balaban J connectivity index is 1.58. The molecular formula is C26H31FO3. The van der Waals surface area contributed by atoms with Crippen molar-refractivity contribution in [1.82, 2.24) is 0 Å². The van der Waals surface area contributed by atoms with E-state index < -0.39 is 11.3 Å². The Hall–Kier alpha value is -2.07. The fraction of sp³-hybridized carbons (Fsp3) is 0.538. The van der Waals surface area contributed by atoms with Crippen molar-refractivity contribution < 1.29 is 18.7 Å². The van der Waals surface area contributed by atoms with Gasteiger partial charge in [-0.25, -0.2) is 4.39 Å². The minimum absolute atomic E-state index is 0.0747. The third-order valence-corrected chi connectivity index (χ3v) is 7.18. The normalized spacial score (nSPS) is 29.7. The number of Topliss-reactive ketones (excluding diaryl/α,β-unsaturated/α-hetero) is 2. The zero-order valence-corrected chi connectivity index (χ0v) is 18.1. The summed E-state index contributed by atoms with van der Waals surface area (Å²) in [4.78, 5) is 26.4. The molecular weight excluding hydrogens is 379 g/mol. The Labute approximate surface area is 178 Å². The standard InChI is InChI=1S/C26H31FO3/c1-16-12-19(20-6-4-5-7-21(20)27)15-26(2,3)24(16)23-22(28)14-18(25(23)29)13-17-8-10-30-11-9-17/h4-7,12,15,17-18,23-24H,8-11,13-14H2,1-3H3. The number of hydrogen-bond acceptors (Lipinski definition) is 3. The summed E-state index contributed by atoms with van der Waals surface area (Å²) >= 11 is 0. The van der Waals surface area contributed by atoms with E-state index in [-0.39, 0.29) is 29.2 Å². The lowest BCUT2D eigenvalue weighted by Crippen LogP contribution is -2.38. The molecule has 1 aliphatic heterocycles. The molecule has 3 aliphatic rings. The van der Waals surface area contributed by atoms with Gasteiger partial charge in [0, 0.05) is 37.0 Å². The monoisotopic (exact) mass is 410 g/mol. The van der Waals surface area contributed by atoms with Crippen LogP contribution in [0.2, 0.25) is 0 Å². The highest BCUT2D eigenvalue weighted by Gasteiger charge is 2.50. The van der Waals surface area contributed by atoms with Crippen molar-refractivity contribution in [2.75, 3.05) is 13.2 Å². The molecule has 0 spiro atoms. The van der Waals surface area contributed by atoms with Crippen molar-refractivity contribution in [2.24, 2.45) is 29.1 Å². The van der Waals surface area contributed by atoms with Gasteiger partial charge in [-0.15, -0.1) is 0 Å². The van der Waals surface area contributed by atoms with Crippen molar-refractivity contribution in [1.29, 1.82) is 0 Å². The third-order valence-electron chi connectivity index (χ3n) is 7.18. The van der Waals surface area contributed by atoms with Gasteiger partial charge >= 0.3 is 0 Å². The van der Waals surface area contributed by atoms with Crippen LogP contribution in [-0.4, -0.2) is 24.8 Å². The predicted molar refractivity (Wildman–Crippen MR) is 115 cm³/mol. The Kier molecular flexibility index (Phi) is 5.80. The first-order valence-corrected chi connectivity index (χ1v) is 11.1. The van der Waals surface area contributed by atoms with Crippen LogP contribution >= 0.6 is 0 Å². The molecule has 2 fully saturated rings.